The van der Waals surface area contributed by atoms with Gasteiger partial charge >= 0.3 is 5.97 Å². The molecule has 2 rings (SSSR count). The van der Waals surface area contributed by atoms with Gasteiger partial charge in [0.05, 0.1) is 17.1 Å². The topological polar surface area (TPSA) is 74.5 Å². The molecule has 1 aromatic heterocycles. The van der Waals surface area contributed by atoms with Crippen LogP contribution in [0.15, 0.2) is 34.7 Å². The highest BCUT2D eigenvalue weighted by molar-refractivity contribution is 6.33. The third-order valence-electron chi connectivity index (χ3n) is 3.40. The summed E-state index contributed by atoms with van der Waals surface area (Å²) in [7, 11) is 0. The zero-order valence-electron chi connectivity index (χ0n) is 13.9. The number of carbonyl (C=O) groups is 1. The molecule has 0 fully saturated rings. The minimum atomic E-state index is -0.989. The molecular weight excluding hydrogens is 387 g/mol. The predicted molar refractivity (Wildman–Crippen MR) is 105 cm³/mol. The molecule has 0 atom stereocenters. The molecule has 3 N–H and O–H groups in total. The second kappa shape index (κ2) is 12.2. The molecule has 2 aromatic rings. The summed E-state index contributed by atoms with van der Waals surface area (Å²) in [5.74, 6) is 0.375. The molecular formula is C17H23Cl3N2O3. The number of carboxylic acids is 1. The van der Waals surface area contributed by atoms with Crippen LogP contribution >= 0.6 is 36.4 Å². The second-order valence-corrected chi connectivity index (χ2v) is 5.56. The molecule has 140 valence electrons. The van der Waals surface area contributed by atoms with Gasteiger partial charge in [-0.15, -0.1) is 24.8 Å². The Balaban J connectivity index is 0.00000288. The lowest BCUT2D eigenvalue weighted by Crippen LogP contribution is -2.21. The summed E-state index contributed by atoms with van der Waals surface area (Å²) in [4.78, 5) is 11.1. The number of furan rings is 1. The summed E-state index contributed by atoms with van der Waals surface area (Å²) in [6, 6.07) is 8.25. The largest absolute Gasteiger partial charge is 0.478 e. The van der Waals surface area contributed by atoms with E-state index in [1.54, 1.807) is 6.07 Å². The van der Waals surface area contributed by atoms with Crippen molar-refractivity contribution >= 4 is 42.4 Å². The Kier molecular flexibility index (Phi) is 11.6. The summed E-state index contributed by atoms with van der Waals surface area (Å²) in [6.07, 6.45) is 1.05. The molecule has 0 aliphatic carbocycles. The molecule has 0 saturated heterocycles. The fourth-order valence-corrected chi connectivity index (χ4v) is 2.40. The molecule has 1 heterocycles. The van der Waals surface area contributed by atoms with Gasteiger partial charge in [0.25, 0.3) is 0 Å². The number of rotatable bonds is 9. The first-order chi connectivity index (χ1) is 11.1. The molecule has 0 spiro atoms. The molecule has 25 heavy (non-hydrogen) atoms. The third kappa shape index (κ3) is 7.26. The van der Waals surface area contributed by atoms with Gasteiger partial charge in [-0.2, -0.15) is 0 Å². The zero-order valence-corrected chi connectivity index (χ0v) is 16.3. The van der Waals surface area contributed by atoms with E-state index in [2.05, 4.69) is 17.6 Å². The predicted octanol–water partition coefficient (Wildman–Crippen LogP) is 4.23. The van der Waals surface area contributed by atoms with Crippen molar-refractivity contribution in [1.29, 1.82) is 0 Å². The van der Waals surface area contributed by atoms with Crippen molar-refractivity contribution < 1.29 is 14.3 Å². The molecule has 0 amide bonds. The van der Waals surface area contributed by atoms with Crippen LogP contribution < -0.4 is 10.6 Å². The van der Waals surface area contributed by atoms with Gasteiger partial charge < -0.3 is 20.2 Å². The van der Waals surface area contributed by atoms with Gasteiger partial charge in [0.15, 0.2) is 0 Å². The van der Waals surface area contributed by atoms with E-state index < -0.39 is 5.97 Å². The standard InChI is InChI=1S/C17H21ClN2O3.2ClH/c1-2-19-8-3-9-20-11-13-5-7-16(23-13)14-10-12(17(21)22)4-6-15(14)18;;/h4-7,10,19-20H,2-3,8-9,11H2,1H3,(H,21,22);2*1H. The Morgan fingerprint density at radius 3 is 2.56 bits per heavy atom. The molecule has 0 unspecified atom stereocenters. The highest BCUT2D eigenvalue weighted by atomic mass is 35.5. The normalized spacial score (nSPS) is 10.0. The van der Waals surface area contributed by atoms with Crippen LogP contribution in [0.3, 0.4) is 0 Å². The van der Waals surface area contributed by atoms with Crippen molar-refractivity contribution in [3.05, 3.63) is 46.7 Å². The van der Waals surface area contributed by atoms with Crippen LogP contribution in [-0.4, -0.2) is 30.7 Å². The lowest BCUT2D eigenvalue weighted by Gasteiger charge is -2.04. The quantitative estimate of drug-likeness (QED) is 0.540. The third-order valence-corrected chi connectivity index (χ3v) is 3.73. The van der Waals surface area contributed by atoms with E-state index in [9.17, 15) is 4.79 Å². The Bertz CT molecular complexity index is 662. The molecule has 8 heteroatoms. The van der Waals surface area contributed by atoms with Crippen LogP contribution in [0.2, 0.25) is 5.02 Å². The first kappa shape index (κ1) is 23.8. The van der Waals surface area contributed by atoms with Crippen molar-refractivity contribution in [2.75, 3.05) is 19.6 Å². The Morgan fingerprint density at radius 1 is 1.16 bits per heavy atom. The monoisotopic (exact) mass is 408 g/mol. The Labute approximate surface area is 165 Å². The fourth-order valence-electron chi connectivity index (χ4n) is 2.19. The molecule has 1 aromatic carbocycles. The molecule has 0 bridgehead atoms. The van der Waals surface area contributed by atoms with E-state index in [0.717, 1.165) is 31.8 Å². The van der Waals surface area contributed by atoms with Gasteiger partial charge in [-0.05, 0) is 56.4 Å². The number of aromatic carboxylic acids is 1. The van der Waals surface area contributed by atoms with Crippen LogP contribution in [-0.2, 0) is 6.54 Å². The maximum Gasteiger partial charge on any atom is 0.335 e. The van der Waals surface area contributed by atoms with Gasteiger partial charge in [-0.1, -0.05) is 18.5 Å². The number of carboxylic acid groups (broad SMARTS) is 1. The Morgan fingerprint density at radius 2 is 1.88 bits per heavy atom. The lowest BCUT2D eigenvalue weighted by molar-refractivity contribution is 0.0697. The van der Waals surface area contributed by atoms with Crippen molar-refractivity contribution in [3.63, 3.8) is 0 Å². The van der Waals surface area contributed by atoms with E-state index in [-0.39, 0.29) is 30.4 Å². The van der Waals surface area contributed by atoms with Crippen LogP contribution in [0.5, 0.6) is 0 Å². The first-order valence-electron chi connectivity index (χ1n) is 7.65. The van der Waals surface area contributed by atoms with Crippen LogP contribution in [0, 0.1) is 0 Å². The molecule has 5 nitrogen and oxygen atoms in total. The minimum Gasteiger partial charge on any atom is -0.478 e. The number of benzene rings is 1. The average molecular weight is 410 g/mol. The number of halogens is 3. The van der Waals surface area contributed by atoms with E-state index in [1.165, 1.54) is 12.1 Å². The van der Waals surface area contributed by atoms with Crippen molar-refractivity contribution in [2.24, 2.45) is 0 Å². The minimum absolute atomic E-state index is 0. The molecule has 0 aliphatic rings. The van der Waals surface area contributed by atoms with Crippen molar-refractivity contribution in [3.8, 4) is 11.3 Å². The SMILES string of the molecule is CCNCCCNCc1ccc(-c2cc(C(=O)O)ccc2Cl)o1.Cl.Cl. The van der Waals surface area contributed by atoms with Gasteiger partial charge in [0.1, 0.15) is 11.5 Å². The molecule has 0 aliphatic heterocycles. The summed E-state index contributed by atoms with van der Waals surface area (Å²) in [5, 5.41) is 16.1. The van der Waals surface area contributed by atoms with Gasteiger partial charge in [-0.3, -0.25) is 0 Å². The van der Waals surface area contributed by atoms with E-state index in [4.69, 9.17) is 21.1 Å². The number of hydrogen-bond donors (Lipinski definition) is 3. The highest BCUT2D eigenvalue weighted by Gasteiger charge is 2.12. The fraction of sp³-hybridized carbons (Fsp3) is 0.353. The van der Waals surface area contributed by atoms with E-state index >= 15 is 0 Å². The maximum atomic E-state index is 11.1. The van der Waals surface area contributed by atoms with Crippen molar-refractivity contribution in [1.82, 2.24) is 10.6 Å². The Hall–Kier alpha value is -1.24. The van der Waals surface area contributed by atoms with Gasteiger partial charge in [0.2, 0.25) is 0 Å². The number of nitrogens with one attached hydrogen (secondary N) is 2. The summed E-state index contributed by atoms with van der Waals surface area (Å²) >= 11 is 6.14. The van der Waals surface area contributed by atoms with Gasteiger partial charge in [0, 0.05) is 5.56 Å². The number of hydrogen-bond acceptors (Lipinski definition) is 4. The zero-order chi connectivity index (χ0) is 16.7. The van der Waals surface area contributed by atoms with E-state index in [1.807, 2.05) is 12.1 Å². The van der Waals surface area contributed by atoms with Crippen LogP contribution in [0.25, 0.3) is 11.3 Å². The second-order valence-electron chi connectivity index (χ2n) is 5.15. The summed E-state index contributed by atoms with van der Waals surface area (Å²) in [5.41, 5.74) is 0.772. The smallest absolute Gasteiger partial charge is 0.335 e. The molecule has 0 saturated carbocycles. The maximum absolute atomic E-state index is 11.1. The van der Waals surface area contributed by atoms with Crippen molar-refractivity contribution in [2.45, 2.75) is 19.9 Å². The lowest BCUT2D eigenvalue weighted by atomic mass is 10.1. The first-order valence-corrected chi connectivity index (χ1v) is 8.03. The summed E-state index contributed by atoms with van der Waals surface area (Å²) in [6.45, 7) is 5.59. The van der Waals surface area contributed by atoms with E-state index in [0.29, 0.717) is 22.9 Å². The van der Waals surface area contributed by atoms with Crippen LogP contribution in [0.1, 0.15) is 29.5 Å². The van der Waals surface area contributed by atoms with Crippen LogP contribution in [0.4, 0.5) is 0 Å². The summed E-state index contributed by atoms with van der Waals surface area (Å²) < 4.78 is 5.76. The molecule has 0 radical (unpaired) electrons. The average Bonchev–Trinajstić information content (AvgIpc) is 2.99. The van der Waals surface area contributed by atoms with Gasteiger partial charge in [-0.25, -0.2) is 4.79 Å². The highest BCUT2D eigenvalue weighted by Crippen LogP contribution is 2.30.